The fourth-order valence-electron chi connectivity index (χ4n) is 4.06. The van der Waals surface area contributed by atoms with Crippen molar-refractivity contribution in [2.75, 3.05) is 11.9 Å². The van der Waals surface area contributed by atoms with E-state index in [4.69, 9.17) is 0 Å². The van der Waals surface area contributed by atoms with Gasteiger partial charge < -0.3 is 9.88 Å². The van der Waals surface area contributed by atoms with Crippen LogP contribution in [-0.2, 0) is 6.54 Å². The summed E-state index contributed by atoms with van der Waals surface area (Å²) in [6, 6.07) is 17.2. The van der Waals surface area contributed by atoms with E-state index in [1.54, 1.807) is 24.7 Å². The zero-order valence-electron chi connectivity index (χ0n) is 18.0. The van der Waals surface area contributed by atoms with Crippen LogP contribution in [0.15, 0.2) is 73.3 Å². The Hall–Kier alpha value is -4.00. The number of rotatable bonds is 6. The number of hydrogen-bond donors (Lipinski definition) is 1. The highest BCUT2D eigenvalue weighted by Crippen LogP contribution is 2.25. The third-order valence-corrected chi connectivity index (χ3v) is 5.62. The van der Waals surface area contributed by atoms with Crippen LogP contribution in [0.3, 0.4) is 0 Å². The van der Waals surface area contributed by atoms with Crippen molar-refractivity contribution in [1.29, 1.82) is 0 Å². The highest BCUT2D eigenvalue weighted by molar-refractivity contribution is 5.84. The lowest BCUT2D eigenvalue weighted by Crippen LogP contribution is -2.12. The fourth-order valence-corrected chi connectivity index (χ4v) is 4.06. The van der Waals surface area contributed by atoms with E-state index in [9.17, 15) is 4.39 Å². The third-order valence-electron chi connectivity index (χ3n) is 5.62. The first kappa shape index (κ1) is 19.9. The van der Waals surface area contributed by atoms with Crippen molar-refractivity contribution >= 4 is 16.7 Å². The van der Waals surface area contributed by atoms with Gasteiger partial charge in [-0.15, -0.1) is 0 Å². The molecule has 0 aliphatic rings. The summed E-state index contributed by atoms with van der Waals surface area (Å²) >= 11 is 0. The van der Waals surface area contributed by atoms with Gasteiger partial charge in [-0.2, -0.15) is 5.10 Å². The standard InChI is InChI=1S/C25H23FN6/c1-17-11-20(26)14-24-22(17)12-18(2)31(24)10-8-27-25-15-23(28-16-29-25)19-5-3-6-21(13-19)32-9-4-7-30-32/h3-7,9,11-16H,8,10H2,1-2H3,(H,27,28,29). The number of anilines is 1. The maximum absolute atomic E-state index is 13.9. The minimum Gasteiger partial charge on any atom is -0.368 e. The summed E-state index contributed by atoms with van der Waals surface area (Å²) in [5.41, 5.74) is 5.76. The molecular weight excluding hydrogens is 403 g/mol. The van der Waals surface area contributed by atoms with Gasteiger partial charge in [0.2, 0.25) is 0 Å². The SMILES string of the molecule is Cc1cc(F)cc2c1cc(C)n2CCNc1cc(-c2cccc(-n3cccn3)c2)ncn1. The Bertz CT molecular complexity index is 1390. The molecule has 5 rings (SSSR count). The number of aryl methyl sites for hydroxylation is 2. The molecule has 0 spiro atoms. The molecule has 0 radical (unpaired) electrons. The average Bonchev–Trinajstić information content (AvgIpc) is 3.43. The summed E-state index contributed by atoms with van der Waals surface area (Å²) in [7, 11) is 0. The highest BCUT2D eigenvalue weighted by atomic mass is 19.1. The van der Waals surface area contributed by atoms with E-state index in [1.807, 2.05) is 61.1 Å². The van der Waals surface area contributed by atoms with Crippen LogP contribution in [0.25, 0.3) is 27.8 Å². The van der Waals surface area contributed by atoms with Gasteiger partial charge in [0, 0.05) is 48.2 Å². The van der Waals surface area contributed by atoms with Crippen LogP contribution in [0.1, 0.15) is 11.3 Å². The number of hydrogen-bond acceptors (Lipinski definition) is 4. The molecule has 0 aliphatic heterocycles. The molecule has 0 saturated carbocycles. The lowest BCUT2D eigenvalue weighted by Gasteiger charge is -2.11. The van der Waals surface area contributed by atoms with Crippen molar-refractivity contribution in [1.82, 2.24) is 24.3 Å². The summed E-state index contributed by atoms with van der Waals surface area (Å²) in [5, 5.41) is 8.75. The Morgan fingerprint density at radius 1 is 1.00 bits per heavy atom. The molecule has 7 heteroatoms. The molecule has 0 amide bonds. The first-order valence-corrected chi connectivity index (χ1v) is 10.5. The average molecular weight is 426 g/mol. The molecule has 0 saturated heterocycles. The van der Waals surface area contributed by atoms with E-state index in [0.717, 1.165) is 44.9 Å². The topological polar surface area (TPSA) is 60.6 Å². The molecule has 5 aromatic rings. The molecule has 160 valence electrons. The zero-order chi connectivity index (χ0) is 22.1. The predicted molar refractivity (Wildman–Crippen MR) is 124 cm³/mol. The molecule has 0 fully saturated rings. The summed E-state index contributed by atoms with van der Waals surface area (Å²) in [5.74, 6) is 0.538. The van der Waals surface area contributed by atoms with Crippen LogP contribution in [0.2, 0.25) is 0 Å². The molecule has 6 nitrogen and oxygen atoms in total. The molecule has 0 aliphatic carbocycles. The molecule has 0 atom stereocenters. The number of fused-ring (bicyclic) bond motifs is 1. The largest absolute Gasteiger partial charge is 0.368 e. The molecule has 0 bridgehead atoms. The van der Waals surface area contributed by atoms with Gasteiger partial charge in [0.05, 0.1) is 16.9 Å². The molecule has 3 heterocycles. The summed E-state index contributed by atoms with van der Waals surface area (Å²) < 4.78 is 17.9. The molecule has 1 N–H and O–H groups in total. The normalized spacial score (nSPS) is 11.2. The Labute approximate surface area is 185 Å². The monoisotopic (exact) mass is 426 g/mol. The van der Waals surface area contributed by atoms with Crippen LogP contribution < -0.4 is 5.32 Å². The second-order valence-corrected chi connectivity index (χ2v) is 7.81. The van der Waals surface area contributed by atoms with Gasteiger partial charge in [-0.1, -0.05) is 12.1 Å². The van der Waals surface area contributed by atoms with Gasteiger partial charge >= 0.3 is 0 Å². The smallest absolute Gasteiger partial charge is 0.130 e. The molecule has 3 aromatic heterocycles. The second kappa shape index (κ2) is 8.26. The van der Waals surface area contributed by atoms with Crippen molar-refractivity contribution in [3.8, 4) is 16.9 Å². The summed E-state index contributed by atoms with van der Waals surface area (Å²) in [6.07, 6.45) is 5.23. The highest BCUT2D eigenvalue weighted by Gasteiger charge is 2.10. The van der Waals surface area contributed by atoms with Gasteiger partial charge in [0.25, 0.3) is 0 Å². The number of aromatic nitrogens is 5. The van der Waals surface area contributed by atoms with Crippen LogP contribution in [0, 0.1) is 19.7 Å². The fraction of sp³-hybridized carbons (Fsp3) is 0.160. The molecular formula is C25H23FN6. The third kappa shape index (κ3) is 3.85. The van der Waals surface area contributed by atoms with Crippen molar-refractivity contribution < 1.29 is 4.39 Å². The van der Waals surface area contributed by atoms with Gasteiger partial charge in [0.15, 0.2) is 0 Å². The van der Waals surface area contributed by atoms with Crippen LogP contribution in [0.4, 0.5) is 10.2 Å². The minimum atomic E-state index is -0.208. The number of nitrogens with one attached hydrogen (secondary N) is 1. The number of nitrogens with zero attached hydrogens (tertiary/aromatic N) is 5. The predicted octanol–water partition coefficient (Wildman–Crippen LogP) is 5.15. The Morgan fingerprint density at radius 2 is 1.91 bits per heavy atom. The van der Waals surface area contributed by atoms with E-state index >= 15 is 0 Å². The van der Waals surface area contributed by atoms with Crippen molar-refractivity contribution in [3.63, 3.8) is 0 Å². The quantitative estimate of drug-likeness (QED) is 0.408. The number of halogens is 1. The van der Waals surface area contributed by atoms with E-state index in [2.05, 4.69) is 31.0 Å². The van der Waals surface area contributed by atoms with Gasteiger partial charge in [-0.3, -0.25) is 0 Å². The first-order chi connectivity index (χ1) is 15.6. The first-order valence-electron chi connectivity index (χ1n) is 10.5. The van der Waals surface area contributed by atoms with E-state index in [0.29, 0.717) is 13.1 Å². The second-order valence-electron chi connectivity index (χ2n) is 7.81. The lowest BCUT2D eigenvalue weighted by atomic mass is 10.1. The summed E-state index contributed by atoms with van der Waals surface area (Å²) in [6.45, 7) is 5.35. The lowest BCUT2D eigenvalue weighted by molar-refractivity contribution is 0.626. The summed E-state index contributed by atoms with van der Waals surface area (Å²) in [4.78, 5) is 8.80. The van der Waals surface area contributed by atoms with Gasteiger partial charge in [-0.05, 0) is 55.8 Å². The van der Waals surface area contributed by atoms with Crippen molar-refractivity contribution in [2.45, 2.75) is 20.4 Å². The van der Waals surface area contributed by atoms with Crippen LogP contribution in [0.5, 0.6) is 0 Å². The molecule has 0 unspecified atom stereocenters. The van der Waals surface area contributed by atoms with E-state index < -0.39 is 0 Å². The van der Waals surface area contributed by atoms with E-state index in [1.165, 1.54) is 0 Å². The van der Waals surface area contributed by atoms with Gasteiger partial charge in [0.1, 0.15) is 18.0 Å². The zero-order valence-corrected chi connectivity index (χ0v) is 18.0. The Balaban J connectivity index is 1.33. The van der Waals surface area contributed by atoms with E-state index in [-0.39, 0.29) is 5.82 Å². The van der Waals surface area contributed by atoms with Gasteiger partial charge in [-0.25, -0.2) is 19.0 Å². The minimum absolute atomic E-state index is 0.208. The maximum atomic E-state index is 13.9. The Kier molecular flexibility index (Phi) is 5.15. The molecule has 32 heavy (non-hydrogen) atoms. The number of benzene rings is 2. The molecule has 2 aromatic carbocycles. The maximum Gasteiger partial charge on any atom is 0.130 e. The van der Waals surface area contributed by atoms with Crippen molar-refractivity contribution in [3.05, 3.63) is 90.4 Å². The van der Waals surface area contributed by atoms with Crippen LogP contribution >= 0.6 is 0 Å². The van der Waals surface area contributed by atoms with Crippen LogP contribution in [-0.4, -0.2) is 30.9 Å². The van der Waals surface area contributed by atoms with Crippen molar-refractivity contribution in [2.24, 2.45) is 0 Å². The Morgan fingerprint density at radius 3 is 2.75 bits per heavy atom.